The average Bonchev–Trinajstić information content (AvgIpc) is 3.34. The van der Waals surface area contributed by atoms with E-state index >= 15 is 0 Å². The first kappa shape index (κ1) is 21.3. The first-order chi connectivity index (χ1) is 13.8. The lowest BCUT2D eigenvalue weighted by atomic mass is 10.1. The third kappa shape index (κ3) is 6.28. The van der Waals surface area contributed by atoms with E-state index in [4.69, 9.17) is 4.74 Å². The molecule has 8 nitrogen and oxygen atoms in total. The molecule has 9 heteroatoms. The Morgan fingerprint density at radius 3 is 2.52 bits per heavy atom. The number of benzene rings is 1. The Kier molecular flexibility index (Phi) is 6.89. The van der Waals surface area contributed by atoms with Crippen LogP contribution in [0.15, 0.2) is 29.4 Å². The lowest BCUT2D eigenvalue weighted by Crippen LogP contribution is -2.32. The highest BCUT2D eigenvalue weighted by Crippen LogP contribution is 2.21. The molecule has 0 aromatic heterocycles. The fraction of sp³-hybridized carbons (Fsp3) is 0.550. The Bertz CT molecular complexity index is 874. The number of hydrazone groups is 1. The van der Waals surface area contributed by atoms with Crippen LogP contribution in [-0.2, 0) is 19.4 Å². The maximum atomic E-state index is 12.0. The van der Waals surface area contributed by atoms with Crippen LogP contribution in [0.2, 0.25) is 0 Å². The molecule has 0 saturated carbocycles. The number of likely N-dealkylation sites (tertiary alicyclic amines) is 1. The second-order valence-corrected chi connectivity index (χ2v) is 9.84. The molecule has 29 heavy (non-hydrogen) atoms. The zero-order valence-electron chi connectivity index (χ0n) is 16.6. The van der Waals surface area contributed by atoms with Gasteiger partial charge in [-0.1, -0.05) is 0 Å². The summed E-state index contributed by atoms with van der Waals surface area (Å²) in [5.41, 5.74) is 3.93. The van der Waals surface area contributed by atoms with E-state index in [0.29, 0.717) is 17.9 Å². The van der Waals surface area contributed by atoms with Crippen molar-refractivity contribution in [2.75, 3.05) is 31.2 Å². The normalized spacial score (nSPS) is 21.2. The Morgan fingerprint density at radius 1 is 1.21 bits per heavy atom. The summed E-state index contributed by atoms with van der Waals surface area (Å²) in [6.07, 6.45) is 2.79. The van der Waals surface area contributed by atoms with Crippen LogP contribution in [0.5, 0.6) is 5.75 Å². The number of hydrogen-bond donors (Lipinski definition) is 1. The van der Waals surface area contributed by atoms with Gasteiger partial charge in [-0.25, -0.2) is 13.8 Å². The zero-order chi connectivity index (χ0) is 20.9. The second-order valence-electron chi connectivity index (χ2n) is 7.61. The van der Waals surface area contributed by atoms with Gasteiger partial charge in [0.25, 0.3) is 5.91 Å². The molecule has 2 saturated heterocycles. The average molecular weight is 422 g/mol. The summed E-state index contributed by atoms with van der Waals surface area (Å²) < 4.78 is 28.5. The van der Waals surface area contributed by atoms with Crippen LogP contribution in [0, 0.1) is 5.92 Å². The second kappa shape index (κ2) is 9.39. The minimum Gasteiger partial charge on any atom is -0.484 e. The third-order valence-electron chi connectivity index (χ3n) is 5.24. The fourth-order valence-electron chi connectivity index (χ4n) is 3.55. The predicted octanol–water partition coefficient (Wildman–Crippen LogP) is 1.35. The molecule has 2 aliphatic rings. The van der Waals surface area contributed by atoms with Gasteiger partial charge >= 0.3 is 0 Å². The largest absolute Gasteiger partial charge is 0.484 e. The van der Waals surface area contributed by atoms with Crippen molar-refractivity contribution in [3.63, 3.8) is 0 Å². The summed E-state index contributed by atoms with van der Waals surface area (Å²) in [5.74, 6) is 0.417. The number of carbonyl (C=O) groups is 2. The van der Waals surface area contributed by atoms with Crippen molar-refractivity contribution < 1.29 is 22.7 Å². The van der Waals surface area contributed by atoms with E-state index in [0.717, 1.165) is 31.5 Å². The van der Waals surface area contributed by atoms with Crippen molar-refractivity contribution in [2.45, 2.75) is 32.6 Å². The summed E-state index contributed by atoms with van der Waals surface area (Å²) in [5, 5.41) is 4.09. The van der Waals surface area contributed by atoms with E-state index < -0.39 is 9.84 Å². The minimum absolute atomic E-state index is 0.00194. The third-order valence-corrected chi connectivity index (χ3v) is 7.08. The standard InChI is InChI=1S/C20H27N3O5S/c1-15(21-22-19(24)12-16-8-11-29(26,27)14-16)17-4-6-18(7-5-17)28-13-20(25)23-9-2-3-10-23/h4-7,16H,2-3,8-14H2,1H3,(H,22,24)/b21-15-/t16-/m0/s1. The summed E-state index contributed by atoms with van der Waals surface area (Å²) in [6.45, 7) is 3.41. The van der Waals surface area contributed by atoms with Crippen LogP contribution >= 0.6 is 0 Å². The molecule has 0 radical (unpaired) electrons. The number of hydrogen-bond acceptors (Lipinski definition) is 6. The first-order valence-corrected chi connectivity index (χ1v) is 11.7. The molecule has 2 aliphatic heterocycles. The van der Waals surface area contributed by atoms with Crippen molar-refractivity contribution in [1.29, 1.82) is 0 Å². The Morgan fingerprint density at radius 2 is 1.90 bits per heavy atom. The maximum Gasteiger partial charge on any atom is 0.260 e. The molecule has 158 valence electrons. The van der Waals surface area contributed by atoms with E-state index in [2.05, 4.69) is 10.5 Å². The van der Waals surface area contributed by atoms with Crippen molar-refractivity contribution in [2.24, 2.45) is 11.0 Å². The van der Waals surface area contributed by atoms with Gasteiger partial charge in [-0.2, -0.15) is 5.10 Å². The lowest BCUT2D eigenvalue weighted by molar-refractivity contribution is -0.132. The quantitative estimate of drug-likeness (QED) is 0.529. The summed E-state index contributed by atoms with van der Waals surface area (Å²) >= 11 is 0. The van der Waals surface area contributed by atoms with Crippen LogP contribution in [0.3, 0.4) is 0 Å². The topological polar surface area (TPSA) is 105 Å². The number of sulfone groups is 1. The molecule has 0 spiro atoms. The lowest BCUT2D eigenvalue weighted by Gasteiger charge is -2.15. The molecular formula is C20H27N3O5S. The number of nitrogens with one attached hydrogen (secondary N) is 1. The number of nitrogens with zero attached hydrogens (tertiary/aromatic N) is 2. The number of ether oxygens (including phenoxy) is 1. The van der Waals surface area contributed by atoms with Gasteiger partial charge in [0.1, 0.15) is 5.75 Å². The van der Waals surface area contributed by atoms with Gasteiger partial charge in [0.15, 0.2) is 16.4 Å². The van der Waals surface area contributed by atoms with Gasteiger partial charge < -0.3 is 9.64 Å². The fourth-order valence-corrected chi connectivity index (χ4v) is 5.41. The highest BCUT2D eigenvalue weighted by Gasteiger charge is 2.29. The highest BCUT2D eigenvalue weighted by atomic mass is 32.2. The molecular weight excluding hydrogens is 394 g/mol. The van der Waals surface area contributed by atoms with Crippen LogP contribution in [0.25, 0.3) is 0 Å². The Hall–Kier alpha value is -2.42. The molecule has 1 aromatic carbocycles. The molecule has 2 amide bonds. The minimum atomic E-state index is -2.99. The monoisotopic (exact) mass is 421 g/mol. The van der Waals surface area contributed by atoms with Gasteiger partial charge in [0.2, 0.25) is 5.91 Å². The number of carbonyl (C=O) groups excluding carboxylic acids is 2. The van der Waals surface area contributed by atoms with Gasteiger partial charge in [-0.05, 0) is 61.9 Å². The summed E-state index contributed by atoms with van der Waals surface area (Å²) in [4.78, 5) is 25.8. The van der Waals surface area contributed by atoms with Gasteiger partial charge in [0, 0.05) is 19.5 Å². The van der Waals surface area contributed by atoms with E-state index in [1.54, 1.807) is 19.1 Å². The van der Waals surface area contributed by atoms with E-state index in [1.165, 1.54) is 0 Å². The van der Waals surface area contributed by atoms with Crippen molar-refractivity contribution in [3.8, 4) is 5.75 Å². The maximum absolute atomic E-state index is 12.0. The van der Waals surface area contributed by atoms with Gasteiger partial charge in [0.05, 0.1) is 17.2 Å². The highest BCUT2D eigenvalue weighted by molar-refractivity contribution is 7.91. The van der Waals surface area contributed by atoms with E-state index in [9.17, 15) is 18.0 Å². The van der Waals surface area contributed by atoms with Crippen molar-refractivity contribution >= 4 is 27.4 Å². The van der Waals surface area contributed by atoms with Crippen molar-refractivity contribution in [3.05, 3.63) is 29.8 Å². The van der Waals surface area contributed by atoms with Crippen LogP contribution in [0.4, 0.5) is 0 Å². The molecule has 2 heterocycles. The SMILES string of the molecule is C/C(=N/NC(=O)C[C@@H]1CCS(=O)(=O)C1)c1ccc(OCC(=O)N2CCCC2)cc1. The van der Waals surface area contributed by atoms with Gasteiger partial charge in [-0.3, -0.25) is 9.59 Å². The number of amides is 2. The molecule has 3 rings (SSSR count). The molecule has 1 atom stereocenters. The van der Waals surface area contributed by atoms with Crippen LogP contribution in [0.1, 0.15) is 38.2 Å². The molecule has 1 N–H and O–H groups in total. The zero-order valence-corrected chi connectivity index (χ0v) is 17.4. The van der Waals surface area contributed by atoms with Crippen LogP contribution in [-0.4, -0.2) is 62.0 Å². The molecule has 2 fully saturated rings. The molecule has 0 bridgehead atoms. The smallest absolute Gasteiger partial charge is 0.260 e. The van der Waals surface area contributed by atoms with E-state index in [-0.39, 0.29) is 42.3 Å². The molecule has 1 aromatic rings. The summed E-state index contributed by atoms with van der Waals surface area (Å²) in [7, 11) is -2.99. The van der Waals surface area contributed by atoms with E-state index in [1.807, 2.05) is 17.0 Å². The Labute approximate surface area is 171 Å². The number of rotatable bonds is 7. The predicted molar refractivity (Wildman–Crippen MR) is 109 cm³/mol. The summed E-state index contributed by atoms with van der Waals surface area (Å²) in [6, 6.07) is 7.14. The van der Waals surface area contributed by atoms with Crippen molar-refractivity contribution in [1.82, 2.24) is 10.3 Å². The van der Waals surface area contributed by atoms with Gasteiger partial charge in [-0.15, -0.1) is 0 Å². The molecule has 0 aliphatic carbocycles. The first-order valence-electron chi connectivity index (χ1n) is 9.87. The molecule has 0 unspecified atom stereocenters. The van der Waals surface area contributed by atoms with Crippen LogP contribution < -0.4 is 10.2 Å². The Balaban J connectivity index is 1.45.